The van der Waals surface area contributed by atoms with Crippen molar-refractivity contribution >= 4 is 5.91 Å². The number of amides is 1. The van der Waals surface area contributed by atoms with Gasteiger partial charge in [-0.15, -0.1) is 0 Å². The highest BCUT2D eigenvalue weighted by Gasteiger charge is 2.30. The Bertz CT molecular complexity index is 666. The predicted molar refractivity (Wildman–Crippen MR) is 74.5 cm³/mol. The summed E-state index contributed by atoms with van der Waals surface area (Å²) in [5, 5.41) is 6.61. The van der Waals surface area contributed by atoms with E-state index < -0.39 is 17.6 Å². The smallest absolute Gasteiger partial charge is 0.347 e. The van der Waals surface area contributed by atoms with Crippen molar-refractivity contribution in [2.45, 2.75) is 19.1 Å². The first-order valence-electron chi connectivity index (χ1n) is 6.55. The molecule has 8 heteroatoms. The zero-order valence-corrected chi connectivity index (χ0v) is 11.8. The second-order valence-corrected chi connectivity index (χ2v) is 4.80. The third-order valence-electron chi connectivity index (χ3n) is 2.99. The van der Waals surface area contributed by atoms with Crippen molar-refractivity contribution in [2.75, 3.05) is 6.54 Å². The zero-order valence-electron chi connectivity index (χ0n) is 11.8. The van der Waals surface area contributed by atoms with E-state index in [9.17, 15) is 18.0 Å². The summed E-state index contributed by atoms with van der Waals surface area (Å²) in [6, 6.07) is 5.92. The molecule has 1 heterocycles. The number of nitrogens with two attached hydrogens (primary N) is 1. The molecule has 0 saturated heterocycles. The Hall–Kier alpha value is -2.35. The largest absolute Gasteiger partial charge is 0.416 e. The van der Waals surface area contributed by atoms with Crippen LogP contribution in [0.2, 0.25) is 0 Å². The molecule has 0 bridgehead atoms. The Kier molecular flexibility index (Phi) is 4.51. The maximum Gasteiger partial charge on any atom is 0.416 e. The molecule has 1 amide bonds. The summed E-state index contributed by atoms with van der Waals surface area (Å²) in [6.07, 6.45) is -3.00. The van der Waals surface area contributed by atoms with Gasteiger partial charge in [0, 0.05) is 18.8 Å². The average molecular weight is 312 g/mol. The second kappa shape index (κ2) is 6.18. The normalized spacial score (nSPS) is 13.0. The van der Waals surface area contributed by atoms with E-state index in [1.54, 1.807) is 6.92 Å². The minimum absolute atomic E-state index is 0.109. The van der Waals surface area contributed by atoms with Gasteiger partial charge in [-0.2, -0.15) is 18.3 Å². The molecule has 22 heavy (non-hydrogen) atoms. The van der Waals surface area contributed by atoms with Gasteiger partial charge in [0.1, 0.15) is 0 Å². The van der Waals surface area contributed by atoms with Crippen molar-refractivity contribution in [2.24, 2.45) is 5.73 Å². The fraction of sp³-hybridized carbons (Fsp3) is 0.286. The first-order chi connectivity index (χ1) is 10.3. The third kappa shape index (κ3) is 3.64. The lowest BCUT2D eigenvalue weighted by atomic mass is 10.2. The molecule has 0 radical (unpaired) electrons. The Morgan fingerprint density at radius 3 is 2.77 bits per heavy atom. The van der Waals surface area contributed by atoms with Crippen LogP contribution in [0.1, 0.15) is 23.0 Å². The molecule has 0 aliphatic heterocycles. The summed E-state index contributed by atoms with van der Waals surface area (Å²) in [5.74, 6) is -0.427. The molecule has 0 aliphatic rings. The summed E-state index contributed by atoms with van der Waals surface area (Å²) in [5.41, 5.74) is 4.96. The van der Waals surface area contributed by atoms with Gasteiger partial charge in [-0.25, -0.2) is 4.68 Å². The van der Waals surface area contributed by atoms with Crippen LogP contribution >= 0.6 is 0 Å². The molecule has 0 spiro atoms. The molecule has 118 valence electrons. The summed E-state index contributed by atoms with van der Waals surface area (Å²) >= 11 is 0. The van der Waals surface area contributed by atoms with Gasteiger partial charge < -0.3 is 11.1 Å². The Labute approximate surface area is 124 Å². The van der Waals surface area contributed by atoms with Crippen LogP contribution in [0.3, 0.4) is 0 Å². The zero-order chi connectivity index (χ0) is 16.3. The monoisotopic (exact) mass is 312 g/mol. The standard InChI is InChI=1S/C14H15F3N4O/c1-9(8-18)19-13(22)12-5-6-21(20-12)11-4-2-3-10(7-11)14(15,16)17/h2-7,9H,8,18H2,1H3,(H,19,22)/t9-/m0/s1. The van der Waals surface area contributed by atoms with E-state index in [2.05, 4.69) is 10.4 Å². The van der Waals surface area contributed by atoms with Crippen molar-refractivity contribution in [3.63, 3.8) is 0 Å². The quantitative estimate of drug-likeness (QED) is 0.906. The van der Waals surface area contributed by atoms with Crippen LogP contribution < -0.4 is 11.1 Å². The molecule has 3 N–H and O–H groups in total. The minimum atomic E-state index is -4.43. The van der Waals surface area contributed by atoms with Gasteiger partial charge in [-0.3, -0.25) is 4.79 Å². The number of rotatable bonds is 4. The summed E-state index contributed by atoms with van der Waals surface area (Å²) in [4.78, 5) is 11.9. The van der Waals surface area contributed by atoms with Gasteiger partial charge in [0.2, 0.25) is 0 Å². The van der Waals surface area contributed by atoms with Gasteiger partial charge in [0.15, 0.2) is 5.69 Å². The third-order valence-corrected chi connectivity index (χ3v) is 2.99. The van der Waals surface area contributed by atoms with E-state index in [1.807, 2.05) is 0 Å². The number of hydrogen-bond acceptors (Lipinski definition) is 3. The van der Waals surface area contributed by atoms with Crippen molar-refractivity contribution in [3.05, 3.63) is 47.8 Å². The van der Waals surface area contributed by atoms with E-state index in [4.69, 9.17) is 5.73 Å². The number of nitrogens with one attached hydrogen (secondary N) is 1. The van der Waals surface area contributed by atoms with Crippen LogP contribution in [0, 0.1) is 0 Å². The van der Waals surface area contributed by atoms with E-state index in [0.29, 0.717) is 0 Å². The second-order valence-electron chi connectivity index (χ2n) is 4.80. The van der Waals surface area contributed by atoms with Crippen LogP contribution in [-0.2, 0) is 6.18 Å². The molecule has 2 aromatic rings. The van der Waals surface area contributed by atoms with Gasteiger partial charge in [-0.05, 0) is 31.2 Å². The lowest BCUT2D eigenvalue weighted by molar-refractivity contribution is -0.137. The van der Waals surface area contributed by atoms with E-state index in [0.717, 1.165) is 12.1 Å². The maximum atomic E-state index is 12.7. The molecule has 0 aliphatic carbocycles. The summed E-state index contributed by atoms with van der Waals surface area (Å²) in [7, 11) is 0. The van der Waals surface area contributed by atoms with Gasteiger partial charge in [0.05, 0.1) is 11.3 Å². The molecule has 0 unspecified atom stereocenters. The number of aromatic nitrogens is 2. The van der Waals surface area contributed by atoms with Gasteiger partial charge in [0.25, 0.3) is 5.91 Å². The molecule has 5 nitrogen and oxygen atoms in total. The average Bonchev–Trinajstić information content (AvgIpc) is 2.96. The number of benzene rings is 1. The molecule has 1 aromatic heterocycles. The topological polar surface area (TPSA) is 72.9 Å². The SMILES string of the molecule is C[C@@H](CN)NC(=O)c1ccn(-c2cccc(C(F)(F)F)c2)n1. The number of hydrogen-bond donors (Lipinski definition) is 2. The minimum Gasteiger partial charge on any atom is -0.347 e. The molecular formula is C14H15F3N4O. The lowest BCUT2D eigenvalue weighted by Gasteiger charge is -2.10. The molecule has 2 rings (SSSR count). The van der Waals surface area contributed by atoms with Crippen LogP contribution in [-0.4, -0.2) is 28.3 Å². The number of carbonyl (C=O) groups is 1. The molecule has 1 aromatic carbocycles. The lowest BCUT2D eigenvalue weighted by Crippen LogP contribution is -2.38. The van der Waals surface area contributed by atoms with Gasteiger partial charge >= 0.3 is 6.18 Å². The number of halogens is 3. The fourth-order valence-electron chi connectivity index (χ4n) is 1.77. The number of alkyl halides is 3. The summed E-state index contributed by atoms with van der Waals surface area (Å²) < 4.78 is 39.3. The van der Waals surface area contributed by atoms with Crippen LogP contribution in [0.15, 0.2) is 36.5 Å². The van der Waals surface area contributed by atoms with Crippen LogP contribution in [0.4, 0.5) is 13.2 Å². The predicted octanol–water partition coefficient (Wildman–Crippen LogP) is 1.97. The fourth-order valence-corrected chi connectivity index (χ4v) is 1.77. The van der Waals surface area contributed by atoms with Crippen LogP contribution in [0.5, 0.6) is 0 Å². The molecule has 1 atom stereocenters. The van der Waals surface area contributed by atoms with E-state index in [1.165, 1.54) is 29.1 Å². The molecule has 0 saturated carbocycles. The van der Waals surface area contributed by atoms with Crippen molar-refractivity contribution in [3.8, 4) is 5.69 Å². The summed E-state index contributed by atoms with van der Waals surface area (Å²) in [6.45, 7) is 2.02. The highest BCUT2D eigenvalue weighted by Crippen LogP contribution is 2.30. The van der Waals surface area contributed by atoms with Crippen LogP contribution in [0.25, 0.3) is 5.69 Å². The maximum absolute atomic E-state index is 12.7. The van der Waals surface area contributed by atoms with Crippen molar-refractivity contribution in [1.29, 1.82) is 0 Å². The molecular weight excluding hydrogens is 297 g/mol. The Balaban J connectivity index is 2.23. The van der Waals surface area contributed by atoms with Gasteiger partial charge in [-0.1, -0.05) is 6.07 Å². The van der Waals surface area contributed by atoms with E-state index >= 15 is 0 Å². The van der Waals surface area contributed by atoms with Crippen molar-refractivity contribution < 1.29 is 18.0 Å². The highest BCUT2D eigenvalue weighted by molar-refractivity contribution is 5.92. The number of nitrogens with zero attached hydrogens (tertiary/aromatic N) is 2. The highest BCUT2D eigenvalue weighted by atomic mass is 19.4. The first-order valence-corrected chi connectivity index (χ1v) is 6.55. The number of carbonyl (C=O) groups excluding carboxylic acids is 1. The van der Waals surface area contributed by atoms with Crippen molar-refractivity contribution in [1.82, 2.24) is 15.1 Å². The Morgan fingerprint density at radius 1 is 1.41 bits per heavy atom. The van der Waals surface area contributed by atoms with E-state index in [-0.39, 0.29) is 24.0 Å². The molecule has 0 fully saturated rings. The Morgan fingerprint density at radius 2 is 2.14 bits per heavy atom. The first kappa shape index (κ1) is 16.0.